The van der Waals surface area contributed by atoms with Crippen LogP contribution in [0.2, 0.25) is 0 Å². The van der Waals surface area contributed by atoms with Crippen LogP contribution in [0.1, 0.15) is 24.9 Å². The Bertz CT molecular complexity index is 402. The van der Waals surface area contributed by atoms with Crippen molar-refractivity contribution in [3.63, 3.8) is 0 Å². The second kappa shape index (κ2) is 7.78. The lowest BCUT2D eigenvalue weighted by Gasteiger charge is -2.33. The summed E-state index contributed by atoms with van der Waals surface area (Å²) in [6, 6.07) is 9.97. The van der Waals surface area contributed by atoms with Gasteiger partial charge in [0.25, 0.3) is 0 Å². The molecule has 1 saturated heterocycles. The molecule has 0 saturated carbocycles. The van der Waals surface area contributed by atoms with Gasteiger partial charge in [-0.2, -0.15) is 11.8 Å². The quantitative estimate of drug-likeness (QED) is 0.933. The normalized spacial score (nSPS) is 20.5. The van der Waals surface area contributed by atoms with Gasteiger partial charge in [0, 0.05) is 36.6 Å². The number of hydrogen-bond acceptors (Lipinski definition) is 3. The summed E-state index contributed by atoms with van der Waals surface area (Å²) in [5.41, 5.74) is 7.13. The van der Waals surface area contributed by atoms with Gasteiger partial charge in [-0.3, -0.25) is 4.79 Å². The summed E-state index contributed by atoms with van der Waals surface area (Å²) in [6.07, 6.45) is 0.402. The standard InChI is InChI=1S/C14H20N2OS.ClH/c1-11-10-18-8-7-16(11)14(17)9-13(15)12-5-3-2-4-6-12;/h2-6,11,13H,7-10,15H2,1H3;1H. The van der Waals surface area contributed by atoms with E-state index >= 15 is 0 Å². The topological polar surface area (TPSA) is 46.3 Å². The van der Waals surface area contributed by atoms with Gasteiger partial charge >= 0.3 is 0 Å². The average Bonchev–Trinajstić information content (AvgIpc) is 2.40. The van der Waals surface area contributed by atoms with Crippen LogP contribution in [0.25, 0.3) is 0 Å². The van der Waals surface area contributed by atoms with Gasteiger partial charge in [-0.15, -0.1) is 12.4 Å². The number of rotatable bonds is 3. The summed E-state index contributed by atoms with van der Waals surface area (Å²) in [7, 11) is 0. The maximum Gasteiger partial charge on any atom is 0.224 e. The molecule has 3 nitrogen and oxygen atoms in total. The Balaban J connectivity index is 0.00000180. The second-order valence-corrected chi connectivity index (χ2v) is 5.88. The third kappa shape index (κ3) is 4.41. The molecule has 1 fully saturated rings. The molecule has 1 amide bonds. The Hall–Kier alpha value is -0.710. The molecule has 106 valence electrons. The van der Waals surface area contributed by atoms with E-state index in [2.05, 4.69) is 6.92 Å². The van der Waals surface area contributed by atoms with Crippen LogP contribution in [0.4, 0.5) is 0 Å². The van der Waals surface area contributed by atoms with E-state index in [0.717, 1.165) is 23.6 Å². The molecule has 0 spiro atoms. The van der Waals surface area contributed by atoms with Crippen LogP contribution in [0.5, 0.6) is 0 Å². The molecule has 2 rings (SSSR count). The van der Waals surface area contributed by atoms with E-state index < -0.39 is 0 Å². The average molecular weight is 301 g/mol. The van der Waals surface area contributed by atoms with Crippen molar-refractivity contribution in [1.82, 2.24) is 4.90 Å². The van der Waals surface area contributed by atoms with Crippen LogP contribution in [-0.4, -0.2) is 34.9 Å². The second-order valence-electron chi connectivity index (χ2n) is 4.73. The monoisotopic (exact) mass is 300 g/mol. The Morgan fingerprint density at radius 2 is 2.16 bits per heavy atom. The van der Waals surface area contributed by atoms with Crippen molar-refractivity contribution in [1.29, 1.82) is 0 Å². The van der Waals surface area contributed by atoms with E-state index in [4.69, 9.17) is 5.73 Å². The number of hydrogen-bond donors (Lipinski definition) is 1. The van der Waals surface area contributed by atoms with Crippen LogP contribution >= 0.6 is 24.2 Å². The minimum Gasteiger partial charge on any atom is -0.338 e. The fraction of sp³-hybridized carbons (Fsp3) is 0.500. The zero-order valence-electron chi connectivity index (χ0n) is 11.1. The first-order valence-corrected chi connectivity index (χ1v) is 7.51. The molecule has 1 aromatic rings. The molecule has 1 aliphatic rings. The molecule has 1 aromatic carbocycles. The number of nitrogens with two attached hydrogens (primary N) is 1. The molecule has 1 aliphatic heterocycles. The molecule has 2 N–H and O–H groups in total. The summed E-state index contributed by atoms with van der Waals surface area (Å²) >= 11 is 1.91. The summed E-state index contributed by atoms with van der Waals surface area (Å²) in [6.45, 7) is 2.96. The molecule has 0 radical (unpaired) electrons. The lowest BCUT2D eigenvalue weighted by Crippen LogP contribution is -2.45. The Kier molecular flexibility index (Phi) is 6.69. The third-order valence-corrected chi connectivity index (χ3v) is 4.50. The summed E-state index contributed by atoms with van der Waals surface area (Å²) < 4.78 is 0. The molecule has 19 heavy (non-hydrogen) atoms. The van der Waals surface area contributed by atoms with Gasteiger partial charge in [-0.25, -0.2) is 0 Å². The zero-order chi connectivity index (χ0) is 13.0. The number of thioether (sulfide) groups is 1. The molecular formula is C14H21ClN2OS. The fourth-order valence-corrected chi connectivity index (χ4v) is 3.23. The Morgan fingerprint density at radius 3 is 2.79 bits per heavy atom. The highest BCUT2D eigenvalue weighted by Crippen LogP contribution is 2.20. The minimum absolute atomic E-state index is 0. The van der Waals surface area contributed by atoms with Crippen molar-refractivity contribution in [2.45, 2.75) is 25.4 Å². The van der Waals surface area contributed by atoms with Gasteiger partial charge in [0.15, 0.2) is 0 Å². The van der Waals surface area contributed by atoms with Gasteiger partial charge in [0.2, 0.25) is 5.91 Å². The Morgan fingerprint density at radius 1 is 1.47 bits per heavy atom. The summed E-state index contributed by atoms with van der Waals surface area (Å²) in [5.74, 6) is 2.25. The predicted molar refractivity (Wildman–Crippen MR) is 83.7 cm³/mol. The smallest absolute Gasteiger partial charge is 0.224 e. The van der Waals surface area contributed by atoms with Gasteiger partial charge in [-0.1, -0.05) is 30.3 Å². The van der Waals surface area contributed by atoms with E-state index in [-0.39, 0.29) is 24.4 Å². The van der Waals surface area contributed by atoms with E-state index in [1.807, 2.05) is 47.0 Å². The third-order valence-electron chi connectivity index (χ3n) is 3.31. The number of benzene rings is 1. The van der Waals surface area contributed by atoms with E-state index in [1.54, 1.807) is 0 Å². The van der Waals surface area contributed by atoms with E-state index in [9.17, 15) is 4.79 Å². The highest BCUT2D eigenvalue weighted by molar-refractivity contribution is 7.99. The lowest BCUT2D eigenvalue weighted by atomic mass is 10.0. The first-order valence-electron chi connectivity index (χ1n) is 6.36. The molecule has 2 unspecified atom stereocenters. The highest BCUT2D eigenvalue weighted by Gasteiger charge is 2.24. The summed E-state index contributed by atoms with van der Waals surface area (Å²) in [5, 5.41) is 0. The van der Waals surface area contributed by atoms with Gasteiger partial charge in [-0.05, 0) is 12.5 Å². The molecular weight excluding hydrogens is 280 g/mol. The maximum absolute atomic E-state index is 12.2. The maximum atomic E-state index is 12.2. The van der Waals surface area contributed by atoms with Crippen LogP contribution in [-0.2, 0) is 4.79 Å². The van der Waals surface area contributed by atoms with Crippen molar-refractivity contribution in [2.75, 3.05) is 18.1 Å². The van der Waals surface area contributed by atoms with Gasteiger partial charge in [0.1, 0.15) is 0 Å². The first-order chi connectivity index (χ1) is 8.68. The van der Waals surface area contributed by atoms with Crippen molar-refractivity contribution >= 4 is 30.1 Å². The van der Waals surface area contributed by atoms with Crippen molar-refractivity contribution < 1.29 is 4.79 Å². The van der Waals surface area contributed by atoms with Gasteiger partial charge < -0.3 is 10.6 Å². The Labute approximate surface area is 125 Å². The number of carbonyl (C=O) groups excluding carboxylic acids is 1. The molecule has 5 heteroatoms. The highest BCUT2D eigenvalue weighted by atomic mass is 35.5. The SMILES string of the molecule is CC1CSCCN1C(=O)CC(N)c1ccccc1.Cl. The number of nitrogens with zero attached hydrogens (tertiary/aromatic N) is 1. The molecule has 1 heterocycles. The lowest BCUT2D eigenvalue weighted by molar-refractivity contribution is -0.133. The zero-order valence-corrected chi connectivity index (χ0v) is 12.8. The van der Waals surface area contributed by atoms with Gasteiger partial charge in [0.05, 0.1) is 0 Å². The van der Waals surface area contributed by atoms with Crippen LogP contribution in [0.15, 0.2) is 30.3 Å². The molecule has 2 atom stereocenters. The van der Waals surface area contributed by atoms with Crippen molar-refractivity contribution in [3.05, 3.63) is 35.9 Å². The van der Waals surface area contributed by atoms with Crippen LogP contribution in [0, 0.1) is 0 Å². The minimum atomic E-state index is -0.194. The van der Waals surface area contributed by atoms with E-state index in [0.29, 0.717) is 12.5 Å². The number of amides is 1. The van der Waals surface area contributed by atoms with Crippen LogP contribution in [0.3, 0.4) is 0 Å². The van der Waals surface area contributed by atoms with Crippen molar-refractivity contribution in [3.8, 4) is 0 Å². The van der Waals surface area contributed by atoms with Crippen molar-refractivity contribution in [2.24, 2.45) is 5.73 Å². The predicted octanol–water partition coefficient (Wildman–Crippen LogP) is 2.46. The number of carbonyl (C=O) groups is 1. The largest absolute Gasteiger partial charge is 0.338 e. The summed E-state index contributed by atoms with van der Waals surface area (Å²) in [4.78, 5) is 14.2. The fourth-order valence-electron chi connectivity index (χ4n) is 2.22. The molecule has 0 bridgehead atoms. The van der Waals surface area contributed by atoms with E-state index in [1.165, 1.54) is 0 Å². The van der Waals surface area contributed by atoms with Crippen LogP contribution < -0.4 is 5.73 Å². The molecule has 0 aliphatic carbocycles. The number of halogens is 1. The molecule has 0 aromatic heterocycles. The first kappa shape index (κ1) is 16.3.